The molecule has 126 valence electrons. The minimum atomic E-state index is -1.49. The van der Waals surface area contributed by atoms with Crippen LogP contribution in [0.15, 0.2) is 42.2 Å². The summed E-state index contributed by atoms with van der Waals surface area (Å²) in [6.45, 7) is 14.8. The molecule has 0 N–H and O–H groups in total. The van der Waals surface area contributed by atoms with E-state index in [-0.39, 0.29) is 11.2 Å². The minimum absolute atomic E-state index is 0.365. The van der Waals surface area contributed by atoms with Crippen molar-refractivity contribution in [2.45, 2.75) is 65.0 Å². The quantitative estimate of drug-likeness (QED) is 0.600. The standard InChI is InChI=1S/C18H29BO3Si/c1-15(20-19-21-17(2,3)18(4,5)22-19)13-14-23(6,7)16-11-9-8-10-12-16/h8-13H,14H2,1-7H3/b15-13+. The molecule has 3 nitrogen and oxygen atoms in total. The van der Waals surface area contributed by atoms with Crippen LogP contribution in [0.5, 0.6) is 0 Å². The van der Waals surface area contributed by atoms with Crippen LogP contribution in [0.3, 0.4) is 0 Å². The van der Waals surface area contributed by atoms with Gasteiger partial charge in [0.1, 0.15) is 0 Å². The van der Waals surface area contributed by atoms with E-state index in [1.807, 2.05) is 34.6 Å². The average molecular weight is 332 g/mol. The van der Waals surface area contributed by atoms with E-state index in [2.05, 4.69) is 49.5 Å². The molecule has 1 aliphatic heterocycles. The first-order valence-corrected chi connectivity index (χ1v) is 11.5. The van der Waals surface area contributed by atoms with Gasteiger partial charge in [-0.3, -0.25) is 0 Å². The number of hydrogen-bond donors (Lipinski definition) is 0. The second-order valence-electron chi connectivity index (χ2n) is 7.93. The number of benzene rings is 1. The maximum absolute atomic E-state index is 5.88. The van der Waals surface area contributed by atoms with E-state index in [1.165, 1.54) is 5.19 Å². The molecule has 5 heteroatoms. The lowest BCUT2D eigenvalue weighted by Gasteiger charge is -2.31. The van der Waals surface area contributed by atoms with Gasteiger partial charge in [-0.2, -0.15) is 0 Å². The van der Waals surface area contributed by atoms with Crippen LogP contribution in [0.2, 0.25) is 19.1 Å². The van der Waals surface area contributed by atoms with Gasteiger partial charge in [-0.05, 0) is 40.7 Å². The Morgan fingerprint density at radius 2 is 1.61 bits per heavy atom. The summed E-state index contributed by atoms with van der Waals surface area (Å²) in [6.07, 6.45) is 2.17. The topological polar surface area (TPSA) is 27.7 Å². The van der Waals surface area contributed by atoms with Gasteiger partial charge in [-0.1, -0.05) is 54.7 Å². The molecule has 0 atom stereocenters. The highest BCUT2D eigenvalue weighted by Gasteiger charge is 2.54. The molecule has 0 amide bonds. The first kappa shape index (κ1) is 18.3. The molecule has 0 radical (unpaired) electrons. The molecule has 23 heavy (non-hydrogen) atoms. The Balaban J connectivity index is 1.97. The number of rotatable bonds is 5. The fourth-order valence-electron chi connectivity index (χ4n) is 2.44. The van der Waals surface area contributed by atoms with Gasteiger partial charge in [0.25, 0.3) is 0 Å². The summed E-state index contributed by atoms with van der Waals surface area (Å²) in [5.74, 6) is 0.861. The zero-order chi connectivity index (χ0) is 17.3. The molecule has 1 heterocycles. The molecule has 0 saturated carbocycles. The van der Waals surface area contributed by atoms with Gasteiger partial charge in [0.15, 0.2) is 0 Å². The fraction of sp³-hybridized carbons (Fsp3) is 0.556. The fourth-order valence-corrected chi connectivity index (χ4v) is 4.57. The minimum Gasteiger partial charge on any atom is -0.516 e. The summed E-state index contributed by atoms with van der Waals surface area (Å²) < 4.78 is 17.6. The summed E-state index contributed by atoms with van der Waals surface area (Å²) in [5.41, 5.74) is -0.730. The lowest BCUT2D eigenvalue weighted by molar-refractivity contribution is 0.00578. The molecular formula is C18H29BO3Si. The second kappa shape index (κ2) is 6.46. The Morgan fingerprint density at radius 3 is 2.13 bits per heavy atom. The Bertz CT molecular complexity index is 551. The highest BCUT2D eigenvalue weighted by Crippen LogP contribution is 2.37. The normalized spacial score (nSPS) is 20.7. The largest absolute Gasteiger partial charge is 0.713 e. The number of allylic oxidation sites excluding steroid dienone is 2. The molecular weight excluding hydrogens is 303 g/mol. The van der Waals surface area contributed by atoms with Gasteiger partial charge in [-0.25, -0.2) is 0 Å². The van der Waals surface area contributed by atoms with Crippen molar-refractivity contribution in [3.05, 3.63) is 42.2 Å². The van der Waals surface area contributed by atoms with Crippen LogP contribution in [-0.4, -0.2) is 26.6 Å². The van der Waals surface area contributed by atoms with Crippen LogP contribution in [0.25, 0.3) is 0 Å². The Hall–Kier alpha value is -1.04. The second-order valence-corrected chi connectivity index (χ2v) is 12.7. The summed E-state index contributed by atoms with van der Waals surface area (Å²) in [5, 5.41) is 1.46. The van der Waals surface area contributed by atoms with E-state index in [4.69, 9.17) is 14.0 Å². The molecule has 1 saturated heterocycles. The smallest absolute Gasteiger partial charge is 0.516 e. The SMILES string of the molecule is C/C(=C\C[Si](C)(C)c1ccccc1)OB1OC(C)(C)C(C)(C)O1. The van der Waals surface area contributed by atoms with E-state index < -0.39 is 15.4 Å². The van der Waals surface area contributed by atoms with Crippen LogP contribution in [-0.2, 0) is 14.0 Å². The van der Waals surface area contributed by atoms with Crippen molar-refractivity contribution in [1.29, 1.82) is 0 Å². The van der Waals surface area contributed by atoms with Crippen LogP contribution in [0, 0.1) is 0 Å². The zero-order valence-corrected chi connectivity index (χ0v) is 16.5. The third-order valence-corrected chi connectivity index (χ3v) is 8.09. The molecule has 0 bridgehead atoms. The van der Waals surface area contributed by atoms with Crippen molar-refractivity contribution in [3.8, 4) is 0 Å². The highest BCUT2D eigenvalue weighted by molar-refractivity contribution is 6.90. The van der Waals surface area contributed by atoms with Gasteiger partial charge in [0.05, 0.1) is 25.0 Å². The molecule has 1 aliphatic rings. The average Bonchev–Trinajstić information content (AvgIpc) is 2.65. The Kier molecular flexibility index (Phi) is 5.14. The molecule has 1 aromatic rings. The molecule has 0 spiro atoms. The maximum Gasteiger partial charge on any atom is 0.713 e. The maximum atomic E-state index is 5.88. The highest BCUT2D eigenvalue weighted by atomic mass is 28.3. The van der Waals surface area contributed by atoms with Gasteiger partial charge in [-0.15, -0.1) is 0 Å². The first-order chi connectivity index (χ1) is 10.5. The molecule has 1 fully saturated rings. The van der Waals surface area contributed by atoms with Gasteiger partial charge in [0.2, 0.25) is 0 Å². The van der Waals surface area contributed by atoms with Crippen molar-refractivity contribution in [1.82, 2.24) is 0 Å². The van der Waals surface area contributed by atoms with Crippen LogP contribution in [0.1, 0.15) is 34.6 Å². The van der Waals surface area contributed by atoms with Crippen molar-refractivity contribution in [2.24, 2.45) is 0 Å². The predicted octanol–water partition coefficient (Wildman–Crippen LogP) is 4.11. The monoisotopic (exact) mass is 332 g/mol. The van der Waals surface area contributed by atoms with E-state index in [0.29, 0.717) is 0 Å². The van der Waals surface area contributed by atoms with Crippen molar-refractivity contribution in [2.75, 3.05) is 0 Å². The van der Waals surface area contributed by atoms with Crippen molar-refractivity contribution >= 4 is 20.6 Å². The first-order valence-electron chi connectivity index (χ1n) is 8.28. The van der Waals surface area contributed by atoms with E-state index in [0.717, 1.165) is 11.8 Å². The van der Waals surface area contributed by atoms with Crippen LogP contribution >= 0.6 is 0 Å². The molecule has 0 unspecified atom stereocenters. The van der Waals surface area contributed by atoms with E-state index in [9.17, 15) is 0 Å². The number of hydrogen-bond acceptors (Lipinski definition) is 3. The lowest BCUT2D eigenvalue weighted by atomic mass is 9.90. The third kappa shape index (κ3) is 4.28. The van der Waals surface area contributed by atoms with E-state index >= 15 is 0 Å². The summed E-state index contributed by atoms with van der Waals surface area (Å²) in [7, 11) is -2.12. The third-order valence-electron chi connectivity index (χ3n) is 4.97. The molecule has 2 rings (SSSR count). The summed E-state index contributed by atoms with van der Waals surface area (Å²) in [4.78, 5) is 0. The van der Waals surface area contributed by atoms with Crippen molar-refractivity contribution < 1.29 is 14.0 Å². The van der Waals surface area contributed by atoms with Crippen molar-refractivity contribution in [3.63, 3.8) is 0 Å². The molecule has 0 aromatic heterocycles. The Morgan fingerprint density at radius 1 is 1.09 bits per heavy atom. The van der Waals surface area contributed by atoms with Crippen LogP contribution < -0.4 is 5.19 Å². The lowest BCUT2D eigenvalue weighted by Crippen LogP contribution is -2.41. The Labute approximate surface area is 142 Å². The van der Waals surface area contributed by atoms with Gasteiger partial charge in [0, 0.05) is 0 Å². The molecule has 0 aliphatic carbocycles. The van der Waals surface area contributed by atoms with Crippen LogP contribution in [0.4, 0.5) is 0 Å². The summed E-state index contributed by atoms with van der Waals surface area (Å²) in [6, 6.07) is 11.8. The van der Waals surface area contributed by atoms with E-state index in [1.54, 1.807) is 0 Å². The predicted molar refractivity (Wildman–Crippen MR) is 99.3 cm³/mol. The van der Waals surface area contributed by atoms with Gasteiger partial charge < -0.3 is 14.0 Å². The summed E-state index contributed by atoms with van der Waals surface area (Å²) >= 11 is 0. The molecule has 1 aromatic carbocycles. The zero-order valence-electron chi connectivity index (χ0n) is 15.5. The van der Waals surface area contributed by atoms with Gasteiger partial charge >= 0.3 is 7.32 Å².